The third-order valence-corrected chi connectivity index (χ3v) is 6.18. The number of carbonyl (C=O) groups is 2. The molecule has 2 amide bonds. The van der Waals surface area contributed by atoms with Gasteiger partial charge in [-0.1, -0.05) is 38.1 Å². The number of amides is 2. The molecule has 0 saturated heterocycles. The highest BCUT2D eigenvalue weighted by molar-refractivity contribution is 7.14. The number of nitrogens with zero attached hydrogens (tertiary/aromatic N) is 1. The molecule has 1 N–H and O–H groups in total. The maximum Gasteiger partial charge on any atom is 0.256 e. The molecule has 2 aromatic carbocycles. The lowest BCUT2D eigenvalue weighted by Crippen LogP contribution is -2.41. The number of anilines is 1. The average Bonchev–Trinajstić information content (AvgIpc) is 3.26. The van der Waals surface area contributed by atoms with Crippen LogP contribution < -0.4 is 14.8 Å². The Morgan fingerprint density at radius 3 is 2.53 bits per heavy atom. The number of fused-ring (bicyclic) bond motifs is 1. The molecule has 0 fully saturated rings. The van der Waals surface area contributed by atoms with Crippen molar-refractivity contribution in [3.63, 3.8) is 0 Å². The monoisotopic (exact) mass is 450 g/mol. The van der Waals surface area contributed by atoms with Crippen LogP contribution in [0.3, 0.4) is 0 Å². The van der Waals surface area contributed by atoms with E-state index in [9.17, 15) is 9.59 Å². The number of thiophene rings is 1. The van der Waals surface area contributed by atoms with Gasteiger partial charge in [-0.15, -0.1) is 11.3 Å². The summed E-state index contributed by atoms with van der Waals surface area (Å²) in [4.78, 5) is 27.4. The first-order valence-corrected chi connectivity index (χ1v) is 11.4. The Morgan fingerprint density at radius 1 is 1.09 bits per heavy atom. The van der Waals surface area contributed by atoms with Crippen molar-refractivity contribution >= 4 is 28.2 Å². The van der Waals surface area contributed by atoms with Crippen molar-refractivity contribution in [3.8, 4) is 11.5 Å². The van der Waals surface area contributed by atoms with Gasteiger partial charge in [-0.2, -0.15) is 0 Å². The SMILES string of the molecule is CC(C)c1ccc(C(=O)Nc2sccc2C(=O)N(C)CC2COc3ccccc3O2)cc1. The van der Waals surface area contributed by atoms with Crippen molar-refractivity contribution in [2.75, 3.05) is 25.5 Å². The summed E-state index contributed by atoms with van der Waals surface area (Å²) in [6.07, 6.45) is -0.269. The second-order valence-corrected chi connectivity index (χ2v) is 8.99. The molecular weight excluding hydrogens is 424 g/mol. The number of benzene rings is 2. The first kappa shape index (κ1) is 21.9. The maximum absolute atomic E-state index is 13.1. The van der Waals surface area contributed by atoms with Gasteiger partial charge in [0.05, 0.1) is 12.1 Å². The fraction of sp³-hybridized carbons (Fsp3) is 0.280. The van der Waals surface area contributed by atoms with Gasteiger partial charge < -0.3 is 19.7 Å². The molecule has 3 aromatic rings. The van der Waals surface area contributed by atoms with Crippen LogP contribution in [0.4, 0.5) is 5.00 Å². The van der Waals surface area contributed by atoms with Crippen LogP contribution in [0.5, 0.6) is 11.5 Å². The van der Waals surface area contributed by atoms with E-state index < -0.39 is 0 Å². The van der Waals surface area contributed by atoms with Crippen LogP contribution in [0.25, 0.3) is 0 Å². The number of hydrogen-bond donors (Lipinski definition) is 1. The first-order valence-electron chi connectivity index (χ1n) is 10.5. The topological polar surface area (TPSA) is 67.9 Å². The summed E-state index contributed by atoms with van der Waals surface area (Å²) >= 11 is 1.33. The summed E-state index contributed by atoms with van der Waals surface area (Å²) in [6.45, 7) is 4.96. The Labute approximate surface area is 191 Å². The molecule has 1 atom stereocenters. The molecule has 0 radical (unpaired) electrons. The van der Waals surface area contributed by atoms with Gasteiger partial charge in [0.1, 0.15) is 11.6 Å². The largest absolute Gasteiger partial charge is 0.486 e. The number of carbonyl (C=O) groups excluding carboxylic acids is 2. The summed E-state index contributed by atoms with van der Waals surface area (Å²) in [7, 11) is 1.72. The zero-order chi connectivity index (χ0) is 22.7. The van der Waals surface area contributed by atoms with Gasteiger partial charge in [0.15, 0.2) is 17.6 Å². The molecule has 0 bridgehead atoms. The Kier molecular flexibility index (Phi) is 6.46. The lowest BCUT2D eigenvalue weighted by atomic mass is 10.0. The second kappa shape index (κ2) is 9.44. The standard InChI is InChI=1S/C25H26N2O4S/c1-16(2)17-8-10-18(11-9-17)23(28)26-24-20(12-13-32-24)25(29)27(3)14-19-15-30-21-6-4-5-7-22(21)31-19/h4-13,16,19H,14-15H2,1-3H3,(H,26,28). The van der Waals surface area contributed by atoms with Crippen LogP contribution in [0.1, 0.15) is 46.0 Å². The number of likely N-dealkylation sites (N-methyl/N-ethyl adjacent to an activating group) is 1. The number of nitrogens with one attached hydrogen (secondary N) is 1. The molecular formula is C25H26N2O4S. The summed E-state index contributed by atoms with van der Waals surface area (Å²) in [5, 5.41) is 5.22. The fourth-order valence-electron chi connectivity index (χ4n) is 3.52. The number of para-hydroxylation sites is 2. The first-order chi connectivity index (χ1) is 15.4. The van der Waals surface area contributed by atoms with E-state index in [0.29, 0.717) is 46.7 Å². The Hall–Kier alpha value is -3.32. The zero-order valence-corrected chi connectivity index (χ0v) is 19.1. The van der Waals surface area contributed by atoms with Crippen molar-refractivity contribution in [2.45, 2.75) is 25.9 Å². The van der Waals surface area contributed by atoms with E-state index in [0.717, 1.165) is 0 Å². The Balaban J connectivity index is 1.40. The van der Waals surface area contributed by atoms with E-state index in [-0.39, 0.29) is 17.9 Å². The van der Waals surface area contributed by atoms with Gasteiger partial charge in [0.2, 0.25) is 0 Å². The molecule has 166 valence electrons. The van der Waals surface area contributed by atoms with Crippen molar-refractivity contribution in [2.24, 2.45) is 0 Å². The van der Waals surface area contributed by atoms with Crippen molar-refractivity contribution < 1.29 is 19.1 Å². The lowest BCUT2D eigenvalue weighted by Gasteiger charge is -2.29. The lowest BCUT2D eigenvalue weighted by molar-refractivity contribution is 0.0522. The minimum atomic E-state index is -0.269. The summed E-state index contributed by atoms with van der Waals surface area (Å²) < 4.78 is 11.7. The van der Waals surface area contributed by atoms with Gasteiger partial charge in [0.25, 0.3) is 11.8 Å². The predicted octanol–water partition coefficient (Wildman–Crippen LogP) is 5.04. The van der Waals surface area contributed by atoms with E-state index >= 15 is 0 Å². The minimum absolute atomic E-state index is 0.181. The smallest absolute Gasteiger partial charge is 0.256 e. The molecule has 6 nitrogen and oxygen atoms in total. The number of ether oxygens (including phenoxy) is 2. The molecule has 0 saturated carbocycles. The zero-order valence-electron chi connectivity index (χ0n) is 18.3. The van der Waals surface area contributed by atoms with Crippen LogP contribution in [0.2, 0.25) is 0 Å². The molecule has 2 heterocycles. The van der Waals surface area contributed by atoms with Crippen LogP contribution in [-0.2, 0) is 0 Å². The van der Waals surface area contributed by atoms with E-state index in [1.54, 1.807) is 23.4 Å². The van der Waals surface area contributed by atoms with E-state index in [1.807, 2.05) is 48.5 Å². The van der Waals surface area contributed by atoms with Gasteiger partial charge in [-0.05, 0) is 47.2 Å². The number of hydrogen-bond acceptors (Lipinski definition) is 5. The van der Waals surface area contributed by atoms with Crippen LogP contribution in [0.15, 0.2) is 60.0 Å². The average molecular weight is 451 g/mol. The normalized spacial score (nSPS) is 14.8. The highest BCUT2D eigenvalue weighted by Crippen LogP contribution is 2.31. The van der Waals surface area contributed by atoms with Crippen molar-refractivity contribution in [3.05, 3.63) is 76.7 Å². The molecule has 1 aromatic heterocycles. The predicted molar refractivity (Wildman–Crippen MR) is 126 cm³/mol. The molecule has 0 spiro atoms. The van der Waals surface area contributed by atoms with E-state index in [2.05, 4.69) is 19.2 Å². The van der Waals surface area contributed by atoms with Crippen LogP contribution in [0, 0.1) is 0 Å². The molecule has 7 heteroatoms. The molecule has 1 unspecified atom stereocenters. The van der Waals surface area contributed by atoms with Gasteiger partial charge in [0, 0.05) is 12.6 Å². The Morgan fingerprint density at radius 2 is 1.81 bits per heavy atom. The van der Waals surface area contributed by atoms with E-state index in [4.69, 9.17) is 9.47 Å². The van der Waals surface area contributed by atoms with Crippen molar-refractivity contribution in [1.82, 2.24) is 4.90 Å². The van der Waals surface area contributed by atoms with Gasteiger partial charge in [-0.25, -0.2) is 0 Å². The van der Waals surface area contributed by atoms with Gasteiger partial charge in [-0.3, -0.25) is 9.59 Å². The minimum Gasteiger partial charge on any atom is -0.486 e. The number of rotatable bonds is 6. The third kappa shape index (κ3) is 4.78. The second-order valence-electron chi connectivity index (χ2n) is 8.08. The third-order valence-electron chi connectivity index (χ3n) is 5.35. The van der Waals surface area contributed by atoms with Gasteiger partial charge >= 0.3 is 0 Å². The highest BCUT2D eigenvalue weighted by Gasteiger charge is 2.26. The molecule has 0 aliphatic carbocycles. The van der Waals surface area contributed by atoms with Crippen LogP contribution >= 0.6 is 11.3 Å². The maximum atomic E-state index is 13.1. The summed E-state index contributed by atoms with van der Waals surface area (Å²) in [5.74, 6) is 1.37. The molecule has 1 aliphatic heterocycles. The quantitative estimate of drug-likeness (QED) is 0.572. The highest BCUT2D eigenvalue weighted by atomic mass is 32.1. The molecule has 4 rings (SSSR count). The van der Waals surface area contributed by atoms with Crippen LogP contribution in [-0.4, -0.2) is 43.0 Å². The van der Waals surface area contributed by atoms with Crippen molar-refractivity contribution in [1.29, 1.82) is 0 Å². The summed E-state index contributed by atoms with van der Waals surface area (Å²) in [6, 6.07) is 16.7. The Bertz CT molecular complexity index is 1110. The van der Waals surface area contributed by atoms with E-state index in [1.165, 1.54) is 16.9 Å². The molecule has 1 aliphatic rings. The molecule has 32 heavy (non-hydrogen) atoms. The fourth-order valence-corrected chi connectivity index (χ4v) is 4.29. The summed E-state index contributed by atoms with van der Waals surface area (Å²) in [5.41, 5.74) is 2.19.